The van der Waals surface area contributed by atoms with Crippen molar-refractivity contribution in [2.75, 3.05) is 26.4 Å². The van der Waals surface area contributed by atoms with Gasteiger partial charge in [0.2, 0.25) is 10.0 Å². The number of halogens is 1. The summed E-state index contributed by atoms with van der Waals surface area (Å²) in [7, 11) is -1.65. The highest BCUT2D eigenvalue weighted by atomic mass is 32.2. The number of likely N-dealkylation sites (tertiary alicyclic amines) is 1. The lowest BCUT2D eigenvalue weighted by molar-refractivity contribution is 0.0690. The lowest BCUT2D eigenvalue weighted by Gasteiger charge is -2.35. The van der Waals surface area contributed by atoms with Crippen molar-refractivity contribution in [3.63, 3.8) is 0 Å². The minimum atomic E-state index is -3.23. The molecule has 1 aliphatic heterocycles. The largest absolute Gasteiger partial charge is 0.338 e. The summed E-state index contributed by atoms with van der Waals surface area (Å²) in [5.74, 6) is -0.405. The molecule has 0 atom stereocenters. The van der Waals surface area contributed by atoms with Gasteiger partial charge in [-0.25, -0.2) is 17.1 Å². The Hall–Kier alpha value is -1.51. The Kier molecular flexibility index (Phi) is 4.87. The van der Waals surface area contributed by atoms with Gasteiger partial charge in [-0.1, -0.05) is 6.07 Å². The average Bonchev–Trinajstić information content (AvgIpc) is 2.91. The van der Waals surface area contributed by atoms with E-state index in [-0.39, 0.29) is 17.8 Å². The van der Waals surface area contributed by atoms with E-state index >= 15 is 0 Å². The minimum absolute atomic E-state index is 0.0833. The zero-order valence-electron chi connectivity index (χ0n) is 14.5. The Labute approximate surface area is 151 Å². The van der Waals surface area contributed by atoms with E-state index in [1.54, 1.807) is 24.9 Å². The molecule has 2 aromatic rings. The van der Waals surface area contributed by atoms with E-state index in [0.29, 0.717) is 41.8 Å². The molecule has 0 N–H and O–H groups in total. The maximum Gasteiger partial charge on any atom is 0.264 e. The van der Waals surface area contributed by atoms with Gasteiger partial charge < -0.3 is 4.90 Å². The quantitative estimate of drug-likeness (QED) is 0.818. The molecule has 0 spiro atoms. The molecule has 25 heavy (non-hydrogen) atoms. The smallest absolute Gasteiger partial charge is 0.264 e. The highest BCUT2D eigenvalue weighted by Crippen LogP contribution is 2.34. The van der Waals surface area contributed by atoms with Gasteiger partial charge in [0.15, 0.2) is 0 Å². The third-order valence-corrected chi connectivity index (χ3v) is 7.48. The number of aryl methyl sites for hydroxylation is 1. The van der Waals surface area contributed by atoms with Crippen LogP contribution in [0.3, 0.4) is 0 Å². The summed E-state index contributed by atoms with van der Waals surface area (Å²) in [6.07, 6.45) is 2.40. The molecule has 1 aromatic heterocycles. The van der Waals surface area contributed by atoms with Crippen LogP contribution in [0.15, 0.2) is 18.2 Å². The molecule has 3 rings (SSSR count). The second-order valence-electron chi connectivity index (χ2n) is 6.47. The van der Waals surface area contributed by atoms with Crippen LogP contribution < -0.4 is 0 Å². The summed E-state index contributed by atoms with van der Waals surface area (Å²) in [5.41, 5.74) is 0.679. The van der Waals surface area contributed by atoms with Crippen LogP contribution in [0.5, 0.6) is 0 Å². The number of hydrogen-bond donors (Lipinski definition) is 0. The van der Waals surface area contributed by atoms with Gasteiger partial charge in [-0.15, -0.1) is 11.3 Å². The van der Waals surface area contributed by atoms with E-state index in [9.17, 15) is 17.6 Å². The summed E-state index contributed by atoms with van der Waals surface area (Å²) in [6, 6.07) is 4.79. The standard InChI is InChI=1S/C17H21FN2O3S2/c1-11-15-13(18)5-4-6-14(15)24-16(11)17(21)20-9-7-12(8-10-20)19(2)25(3,22)23/h4-6,12H,7-10H2,1-3H3. The highest BCUT2D eigenvalue weighted by molar-refractivity contribution is 7.88. The molecule has 0 bridgehead atoms. The van der Waals surface area contributed by atoms with Crippen molar-refractivity contribution in [3.05, 3.63) is 34.5 Å². The predicted molar refractivity (Wildman–Crippen MR) is 98.1 cm³/mol. The molecule has 1 fully saturated rings. The molecule has 1 amide bonds. The van der Waals surface area contributed by atoms with Crippen LogP contribution in [0.4, 0.5) is 4.39 Å². The third kappa shape index (κ3) is 3.43. The summed E-state index contributed by atoms with van der Waals surface area (Å²) < 4.78 is 39.5. The second kappa shape index (κ2) is 6.66. The van der Waals surface area contributed by atoms with E-state index in [2.05, 4.69) is 0 Å². The highest BCUT2D eigenvalue weighted by Gasteiger charge is 2.30. The number of nitrogens with zero attached hydrogens (tertiary/aromatic N) is 2. The summed E-state index contributed by atoms with van der Waals surface area (Å²) in [6.45, 7) is 2.78. The first-order valence-electron chi connectivity index (χ1n) is 8.10. The number of fused-ring (bicyclic) bond motifs is 1. The molecular formula is C17H21FN2O3S2. The lowest BCUT2D eigenvalue weighted by Crippen LogP contribution is -2.46. The maximum absolute atomic E-state index is 14.0. The van der Waals surface area contributed by atoms with Crippen LogP contribution >= 0.6 is 11.3 Å². The molecule has 5 nitrogen and oxygen atoms in total. The van der Waals surface area contributed by atoms with Gasteiger partial charge >= 0.3 is 0 Å². The molecule has 0 saturated carbocycles. The van der Waals surface area contributed by atoms with Gasteiger partial charge in [0.05, 0.1) is 11.1 Å². The average molecular weight is 384 g/mol. The van der Waals surface area contributed by atoms with Crippen LogP contribution in [0.1, 0.15) is 28.1 Å². The van der Waals surface area contributed by atoms with Crippen LogP contribution in [0.2, 0.25) is 0 Å². The first kappa shape index (κ1) is 18.3. The van der Waals surface area contributed by atoms with Crippen molar-refractivity contribution in [3.8, 4) is 0 Å². The predicted octanol–water partition coefficient (Wildman–Crippen LogP) is 2.84. The van der Waals surface area contributed by atoms with E-state index in [1.807, 2.05) is 6.07 Å². The maximum atomic E-state index is 14.0. The number of thiophene rings is 1. The normalized spacial score (nSPS) is 16.8. The molecule has 0 radical (unpaired) electrons. The van der Waals surface area contributed by atoms with Gasteiger partial charge in [0.25, 0.3) is 5.91 Å². The van der Waals surface area contributed by atoms with Crippen molar-refractivity contribution in [2.24, 2.45) is 0 Å². The summed E-state index contributed by atoms with van der Waals surface area (Å²) in [5, 5.41) is 0.516. The van der Waals surface area contributed by atoms with E-state index in [1.165, 1.54) is 28.0 Å². The second-order valence-corrected chi connectivity index (χ2v) is 9.57. The molecule has 0 unspecified atom stereocenters. The number of carbonyl (C=O) groups excluding carboxylic acids is 1. The number of hydrogen-bond acceptors (Lipinski definition) is 4. The fraction of sp³-hybridized carbons (Fsp3) is 0.471. The van der Waals surface area contributed by atoms with Crippen molar-refractivity contribution < 1.29 is 17.6 Å². The number of benzene rings is 1. The zero-order chi connectivity index (χ0) is 18.4. The third-order valence-electron chi connectivity index (χ3n) is 4.89. The molecule has 136 valence electrons. The number of carbonyl (C=O) groups is 1. The van der Waals surface area contributed by atoms with Crippen molar-refractivity contribution in [1.29, 1.82) is 0 Å². The van der Waals surface area contributed by atoms with Gasteiger partial charge in [0.1, 0.15) is 5.82 Å². The molecular weight excluding hydrogens is 363 g/mol. The molecule has 1 aliphatic rings. The minimum Gasteiger partial charge on any atom is -0.338 e. The van der Waals surface area contributed by atoms with E-state index in [4.69, 9.17) is 0 Å². The van der Waals surface area contributed by atoms with Crippen LogP contribution in [-0.2, 0) is 10.0 Å². The molecule has 0 aliphatic carbocycles. The van der Waals surface area contributed by atoms with Crippen LogP contribution in [0.25, 0.3) is 10.1 Å². The summed E-state index contributed by atoms with van der Waals surface area (Å²) >= 11 is 1.31. The Morgan fingerprint density at radius 2 is 1.96 bits per heavy atom. The molecule has 2 heterocycles. The molecule has 1 aromatic carbocycles. The lowest BCUT2D eigenvalue weighted by atomic mass is 10.0. The zero-order valence-corrected chi connectivity index (χ0v) is 16.1. The first-order chi connectivity index (χ1) is 11.7. The van der Waals surface area contributed by atoms with Gasteiger partial charge in [-0.2, -0.15) is 0 Å². The Bertz CT molecular complexity index is 915. The molecule has 1 saturated heterocycles. The number of rotatable bonds is 3. The Morgan fingerprint density at radius 3 is 2.52 bits per heavy atom. The van der Waals surface area contributed by atoms with Crippen molar-refractivity contribution >= 4 is 37.4 Å². The van der Waals surface area contributed by atoms with Gasteiger partial charge in [0, 0.05) is 36.3 Å². The van der Waals surface area contributed by atoms with Crippen LogP contribution in [0, 0.1) is 12.7 Å². The van der Waals surface area contributed by atoms with Crippen molar-refractivity contribution in [1.82, 2.24) is 9.21 Å². The number of piperidine rings is 1. The van der Waals surface area contributed by atoms with E-state index < -0.39 is 10.0 Å². The topological polar surface area (TPSA) is 57.7 Å². The molecule has 8 heteroatoms. The summed E-state index contributed by atoms with van der Waals surface area (Å²) in [4.78, 5) is 15.2. The number of sulfonamides is 1. The number of amides is 1. The monoisotopic (exact) mass is 384 g/mol. The van der Waals surface area contributed by atoms with Crippen molar-refractivity contribution in [2.45, 2.75) is 25.8 Å². The first-order valence-corrected chi connectivity index (χ1v) is 10.8. The van der Waals surface area contributed by atoms with Gasteiger partial charge in [-0.3, -0.25) is 4.79 Å². The van der Waals surface area contributed by atoms with Gasteiger partial charge in [-0.05, 0) is 37.5 Å². The van der Waals surface area contributed by atoms with E-state index in [0.717, 1.165) is 4.70 Å². The Balaban J connectivity index is 1.78. The fourth-order valence-corrected chi connectivity index (χ4v) is 5.25. The fourth-order valence-electron chi connectivity index (χ4n) is 3.30. The Morgan fingerprint density at radius 1 is 1.32 bits per heavy atom. The van der Waals surface area contributed by atoms with Crippen LogP contribution in [-0.4, -0.2) is 56.0 Å². The SMILES string of the molecule is Cc1c(C(=O)N2CCC(N(C)S(C)(=O)=O)CC2)sc2cccc(F)c12.